The quantitative estimate of drug-likeness (QED) is 0.426. The predicted octanol–water partition coefficient (Wildman–Crippen LogP) is 3.50. The fourth-order valence-corrected chi connectivity index (χ4v) is 4.47. The lowest BCUT2D eigenvalue weighted by Crippen LogP contribution is -2.48. The van der Waals surface area contributed by atoms with Crippen LogP contribution in [0.15, 0.2) is 79.1 Å². The van der Waals surface area contributed by atoms with E-state index < -0.39 is 18.1 Å². The van der Waals surface area contributed by atoms with Crippen LogP contribution in [0.3, 0.4) is 0 Å². The SMILES string of the molecule is COC(=O)N[C@H](C(=O)Nc1cnccc1CC[C@@H]1CNCCO1)C(c1ccccc1)c1ccccc1. The number of methoxy groups -OCH3 is 1. The van der Waals surface area contributed by atoms with Gasteiger partial charge >= 0.3 is 6.09 Å². The number of rotatable bonds is 9. The van der Waals surface area contributed by atoms with Gasteiger partial charge in [-0.05, 0) is 35.6 Å². The number of nitrogens with one attached hydrogen (secondary N) is 3. The number of carbonyl (C=O) groups excluding carboxylic acids is 2. The summed E-state index contributed by atoms with van der Waals surface area (Å²) < 4.78 is 10.7. The molecule has 0 bridgehead atoms. The number of pyridine rings is 1. The van der Waals surface area contributed by atoms with Gasteiger partial charge in [0.1, 0.15) is 6.04 Å². The Kier molecular flexibility index (Phi) is 9.02. The van der Waals surface area contributed by atoms with E-state index in [1.807, 2.05) is 66.7 Å². The van der Waals surface area contributed by atoms with Crippen molar-refractivity contribution in [1.82, 2.24) is 15.6 Å². The molecule has 0 saturated carbocycles. The monoisotopic (exact) mass is 488 g/mol. The van der Waals surface area contributed by atoms with Crippen LogP contribution >= 0.6 is 0 Å². The molecule has 2 heterocycles. The van der Waals surface area contributed by atoms with Crippen LogP contribution in [-0.2, 0) is 20.7 Å². The normalized spacial score (nSPS) is 16.2. The molecule has 2 aromatic carbocycles. The highest BCUT2D eigenvalue weighted by molar-refractivity contribution is 5.98. The lowest BCUT2D eigenvalue weighted by Gasteiger charge is -2.28. The summed E-state index contributed by atoms with van der Waals surface area (Å²) in [4.78, 5) is 30.3. The molecule has 8 heteroatoms. The first-order valence-electron chi connectivity index (χ1n) is 12.2. The maximum absolute atomic E-state index is 13.8. The molecule has 1 saturated heterocycles. The summed E-state index contributed by atoms with van der Waals surface area (Å²) >= 11 is 0. The molecular formula is C28H32N4O4. The molecule has 1 aliphatic rings. The van der Waals surface area contributed by atoms with E-state index in [0.717, 1.165) is 42.6 Å². The molecule has 1 aromatic heterocycles. The third-order valence-electron chi connectivity index (χ3n) is 6.30. The minimum absolute atomic E-state index is 0.129. The van der Waals surface area contributed by atoms with Crippen LogP contribution in [-0.4, -0.2) is 55.9 Å². The van der Waals surface area contributed by atoms with Crippen LogP contribution < -0.4 is 16.0 Å². The van der Waals surface area contributed by atoms with E-state index in [9.17, 15) is 9.59 Å². The molecule has 0 aliphatic carbocycles. The van der Waals surface area contributed by atoms with Crippen molar-refractivity contribution in [3.05, 3.63) is 95.8 Å². The van der Waals surface area contributed by atoms with Crippen molar-refractivity contribution in [2.45, 2.75) is 30.9 Å². The van der Waals surface area contributed by atoms with Crippen LogP contribution in [0, 0.1) is 0 Å². The molecule has 8 nitrogen and oxygen atoms in total. The summed E-state index contributed by atoms with van der Waals surface area (Å²) in [6.07, 6.45) is 4.35. The molecule has 4 rings (SSSR count). The van der Waals surface area contributed by atoms with Gasteiger partial charge in [-0.25, -0.2) is 4.79 Å². The topological polar surface area (TPSA) is 102 Å². The molecule has 3 N–H and O–H groups in total. The number of morpholine rings is 1. The Morgan fingerprint density at radius 2 is 1.78 bits per heavy atom. The van der Waals surface area contributed by atoms with E-state index >= 15 is 0 Å². The number of benzene rings is 2. The first-order chi connectivity index (χ1) is 17.7. The molecule has 1 fully saturated rings. The second kappa shape index (κ2) is 12.8. The maximum atomic E-state index is 13.8. The Morgan fingerprint density at radius 1 is 1.08 bits per heavy atom. The lowest BCUT2D eigenvalue weighted by atomic mass is 9.84. The van der Waals surface area contributed by atoms with Crippen molar-refractivity contribution >= 4 is 17.7 Å². The molecule has 2 amide bonds. The van der Waals surface area contributed by atoms with Gasteiger partial charge in [-0.2, -0.15) is 0 Å². The molecule has 2 atom stereocenters. The molecule has 36 heavy (non-hydrogen) atoms. The lowest BCUT2D eigenvalue weighted by molar-refractivity contribution is -0.118. The van der Waals surface area contributed by atoms with Crippen LogP contribution in [0.1, 0.15) is 29.0 Å². The van der Waals surface area contributed by atoms with Gasteiger partial charge in [-0.15, -0.1) is 0 Å². The number of aromatic nitrogens is 1. The van der Waals surface area contributed by atoms with Crippen LogP contribution in [0.25, 0.3) is 0 Å². The van der Waals surface area contributed by atoms with E-state index in [-0.39, 0.29) is 12.0 Å². The summed E-state index contributed by atoms with van der Waals surface area (Å²) in [6.45, 7) is 2.38. The summed E-state index contributed by atoms with van der Waals surface area (Å²) in [5, 5.41) is 9.13. The van der Waals surface area contributed by atoms with E-state index in [1.54, 1.807) is 12.4 Å². The van der Waals surface area contributed by atoms with Crippen molar-refractivity contribution in [1.29, 1.82) is 0 Å². The minimum atomic E-state index is -0.929. The van der Waals surface area contributed by atoms with Crippen molar-refractivity contribution in [3.8, 4) is 0 Å². The summed E-state index contributed by atoms with van der Waals surface area (Å²) in [7, 11) is 1.28. The van der Waals surface area contributed by atoms with E-state index in [2.05, 4.69) is 20.9 Å². The predicted molar refractivity (Wildman–Crippen MR) is 138 cm³/mol. The molecular weight excluding hydrogens is 456 g/mol. The second-order valence-corrected chi connectivity index (χ2v) is 8.67. The summed E-state index contributed by atoms with van der Waals surface area (Å²) in [5.41, 5.74) is 3.37. The fourth-order valence-electron chi connectivity index (χ4n) is 4.47. The standard InChI is InChI=1S/C28H32N4O4/c1-35-28(34)32-26(25(21-8-4-2-5-9-21)22-10-6-3-7-11-22)27(33)31-24-19-29-15-14-20(24)12-13-23-18-30-16-17-36-23/h2-11,14-15,19,23,25-26,30H,12-13,16-18H2,1H3,(H,31,33)(H,32,34)/t23-,26+/m1/s1. The van der Waals surface area contributed by atoms with Crippen molar-refractivity contribution < 1.29 is 19.1 Å². The van der Waals surface area contributed by atoms with Crippen molar-refractivity contribution in [3.63, 3.8) is 0 Å². The van der Waals surface area contributed by atoms with Gasteiger partial charge in [0.25, 0.3) is 0 Å². The zero-order valence-electron chi connectivity index (χ0n) is 20.4. The average Bonchev–Trinajstić information content (AvgIpc) is 2.94. The number of carbonyl (C=O) groups is 2. The van der Waals surface area contributed by atoms with Gasteiger partial charge in [0.15, 0.2) is 0 Å². The van der Waals surface area contributed by atoms with Gasteiger partial charge in [-0.3, -0.25) is 9.78 Å². The number of anilines is 1. The molecule has 0 radical (unpaired) electrons. The van der Waals surface area contributed by atoms with Crippen LogP contribution in [0.5, 0.6) is 0 Å². The van der Waals surface area contributed by atoms with Gasteiger partial charge in [-0.1, -0.05) is 60.7 Å². The van der Waals surface area contributed by atoms with Crippen LogP contribution in [0.2, 0.25) is 0 Å². The second-order valence-electron chi connectivity index (χ2n) is 8.67. The summed E-state index contributed by atoms with van der Waals surface area (Å²) in [6, 6.07) is 20.3. The zero-order valence-corrected chi connectivity index (χ0v) is 20.4. The van der Waals surface area contributed by atoms with Crippen molar-refractivity contribution in [2.24, 2.45) is 0 Å². The highest BCUT2D eigenvalue weighted by atomic mass is 16.5. The van der Waals surface area contributed by atoms with E-state index in [0.29, 0.717) is 12.3 Å². The number of nitrogens with zero attached hydrogens (tertiary/aromatic N) is 1. The Hall–Kier alpha value is -3.75. The average molecular weight is 489 g/mol. The summed E-state index contributed by atoms with van der Waals surface area (Å²) in [5.74, 6) is -0.795. The molecule has 3 aromatic rings. The first-order valence-corrected chi connectivity index (χ1v) is 12.2. The number of ether oxygens (including phenoxy) is 2. The number of aryl methyl sites for hydroxylation is 1. The Morgan fingerprint density at radius 3 is 2.39 bits per heavy atom. The van der Waals surface area contributed by atoms with Gasteiger partial charge in [0, 0.05) is 25.2 Å². The number of amides is 2. The molecule has 188 valence electrons. The molecule has 1 aliphatic heterocycles. The number of hydrogen-bond acceptors (Lipinski definition) is 6. The van der Waals surface area contributed by atoms with Gasteiger partial charge in [0.05, 0.1) is 31.7 Å². The zero-order chi connectivity index (χ0) is 25.2. The highest BCUT2D eigenvalue weighted by Crippen LogP contribution is 2.29. The third kappa shape index (κ3) is 6.68. The largest absolute Gasteiger partial charge is 0.453 e. The fraction of sp³-hybridized carbons (Fsp3) is 0.321. The number of hydrogen-bond donors (Lipinski definition) is 3. The Bertz CT molecular complexity index is 1080. The molecule has 0 spiro atoms. The minimum Gasteiger partial charge on any atom is -0.453 e. The van der Waals surface area contributed by atoms with Crippen molar-refractivity contribution in [2.75, 3.05) is 32.1 Å². The Labute approximate surface area is 211 Å². The highest BCUT2D eigenvalue weighted by Gasteiger charge is 2.33. The third-order valence-corrected chi connectivity index (χ3v) is 6.30. The smallest absolute Gasteiger partial charge is 0.407 e. The van der Waals surface area contributed by atoms with Gasteiger partial charge in [0.2, 0.25) is 5.91 Å². The maximum Gasteiger partial charge on any atom is 0.407 e. The van der Waals surface area contributed by atoms with E-state index in [4.69, 9.17) is 9.47 Å². The molecule has 0 unspecified atom stereocenters. The van der Waals surface area contributed by atoms with Gasteiger partial charge < -0.3 is 25.4 Å². The van der Waals surface area contributed by atoms with E-state index in [1.165, 1.54) is 7.11 Å². The van der Waals surface area contributed by atoms with Crippen LogP contribution in [0.4, 0.5) is 10.5 Å². The Balaban J connectivity index is 1.60. The first kappa shape index (κ1) is 25.3. The number of alkyl carbamates (subject to hydrolysis) is 1.